The first-order chi connectivity index (χ1) is 9.33. The van der Waals surface area contributed by atoms with Gasteiger partial charge in [-0.3, -0.25) is 0 Å². The molecule has 1 aromatic rings. The molecule has 102 valence electrons. The van der Waals surface area contributed by atoms with Gasteiger partial charge in [-0.15, -0.1) is 0 Å². The molecule has 2 N–H and O–H groups in total. The molecule has 5 heteroatoms. The molecular weight excluding hydrogens is 242 g/mol. The normalized spacial score (nSPS) is 25.3. The molecule has 0 aliphatic carbocycles. The molecule has 2 aliphatic rings. The largest absolute Gasteiger partial charge is 0.493 e. The average molecular weight is 261 g/mol. The number of nitrogens with one attached hydrogen (secondary N) is 2. The fourth-order valence-electron chi connectivity index (χ4n) is 2.82. The Morgan fingerprint density at radius 1 is 1.21 bits per heavy atom. The Morgan fingerprint density at radius 3 is 2.84 bits per heavy atom. The van der Waals surface area contributed by atoms with Gasteiger partial charge in [-0.05, 0) is 17.7 Å². The molecular formula is C14H19N3O2. The number of fused-ring (bicyclic) bond motifs is 1. The van der Waals surface area contributed by atoms with Crippen molar-refractivity contribution in [1.82, 2.24) is 10.7 Å². The van der Waals surface area contributed by atoms with E-state index in [1.165, 1.54) is 11.3 Å². The van der Waals surface area contributed by atoms with Crippen LogP contribution in [0, 0.1) is 5.92 Å². The third kappa shape index (κ3) is 2.14. The molecule has 0 radical (unpaired) electrons. The van der Waals surface area contributed by atoms with E-state index in [0.717, 1.165) is 31.0 Å². The van der Waals surface area contributed by atoms with Gasteiger partial charge in [0.25, 0.3) is 0 Å². The zero-order valence-corrected chi connectivity index (χ0v) is 11.3. The summed E-state index contributed by atoms with van der Waals surface area (Å²) in [6.45, 7) is 2.00. The molecule has 1 fully saturated rings. The SMILES string of the molecule is COc1ccc(C2NN=C3CCNCC32)cc1OC. The van der Waals surface area contributed by atoms with Crippen molar-refractivity contribution in [3.63, 3.8) is 0 Å². The molecule has 1 aromatic carbocycles. The zero-order chi connectivity index (χ0) is 13.2. The van der Waals surface area contributed by atoms with Gasteiger partial charge in [0, 0.05) is 31.1 Å². The molecule has 5 nitrogen and oxygen atoms in total. The lowest BCUT2D eigenvalue weighted by Gasteiger charge is -2.25. The zero-order valence-electron chi connectivity index (χ0n) is 11.3. The quantitative estimate of drug-likeness (QED) is 0.861. The van der Waals surface area contributed by atoms with Crippen LogP contribution < -0.4 is 20.2 Å². The topological polar surface area (TPSA) is 54.9 Å². The van der Waals surface area contributed by atoms with Gasteiger partial charge >= 0.3 is 0 Å². The lowest BCUT2D eigenvalue weighted by atomic mass is 9.87. The first kappa shape index (κ1) is 12.3. The summed E-state index contributed by atoms with van der Waals surface area (Å²) >= 11 is 0. The summed E-state index contributed by atoms with van der Waals surface area (Å²) in [5.74, 6) is 1.96. The first-order valence-electron chi connectivity index (χ1n) is 6.58. The number of hydrogen-bond donors (Lipinski definition) is 2. The van der Waals surface area contributed by atoms with Crippen LogP contribution in [0.5, 0.6) is 11.5 Å². The van der Waals surface area contributed by atoms with Gasteiger partial charge in [0.15, 0.2) is 11.5 Å². The lowest BCUT2D eigenvalue weighted by Crippen LogP contribution is -2.38. The van der Waals surface area contributed by atoms with E-state index in [-0.39, 0.29) is 6.04 Å². The van der Waals surface area contributed by atoms with Crippen LogP contribution in [0.1, 0.15) is 18.0 Å². The van der Waals surface area contributed by atoms with Crippen molar-refractivity contribution in [3.05, 3.63) is 23.8 Å². The third-order valence-electron chi connectivity index (χ3n) is 3.87. The number of hydrogen-bond acceptors (Lipinski definition) is 5. The van der Waals surface area contributed by atoms with Crippen molar-refractivity contribution in [2.75, 3.05) is 27.3 Å². The highest BCUT2D eigenvalue weighted by Crippen LogP contribution is 2.35. The molecule has 0 spiro atoms. The average Bonchev–Trinajstić information content (AvgIpc) is 2.90. The summed E-state index contributed by atoms with van der Waals surface area (Å²) in [6, 6.07) is 6.28. The summed E-state index contributed by atoms with van der Waals surface area (Å²) < 4.78 is 10.6. The summed E-state index contributed by atoms with van der Waals surface area (Å²) in [7, 11) is 3.31. The Labute approximate surface area is 113 Å². The summed E-state index contributed by atoms with van der Waals surface area (Å²) in [5, 5.41) is 7.90. The fraction of sp³-hybridized carbons (Fsp3) is 0.500. The van der Waals surface area contributed by atoms with Crippen LogP contribution in [0.3, 0.4) is 0 Å². The van der Waals surface area contributed by atoms with Crippen molar-refractivity contribution in [2.24, 2.45) is 11.0 Å². The van der Waals surface area contributed by atoms with E-state index in [2.05, 4.69) is 21.9 Å². The molecule has 2 heterocycles. The highest BCUT2D eigenvalue weighted by molar-refractivity contribution is 5.89. The van der Waals surface area contributed by atoms with Crippen molar-refractivity contribution in [1.29, 1.82) is 0 Å². The maximum atomic E-state index is 5.37. The predicted molar refractivity (Wildman–Crippen MR) is 73.8 cm³/mol. The second kappa shape index (κ2) is 5.09. The number of nitrogens with zero attached hydrogens (tertiary/aromatic N) is 1. The molecule has 19 heavy (non-hydrogen) atoms. The third-order valence-corrected chi connectivity index (χ3v) is 3.87. The van der Waals surface area contributed by atoms with Gasteiger partial charge < -0.3 is 20.2 Å². The van der Waals surface area contributed by atoms with Crippen LogP contribution in [-0.2, 0) is 0 Å². The highest BCUT2D eigenvalue weighted by atomic mass is 16.5. The first-order valence-corrected chi connectivity index (χ1v) is 6.58. The monoisotopic (exact) mass is 261 g/mol. The second-order valence-electron chi connectivity index (χ2n) is 4.88. The minimum atomic E-state index is 0.225. The van der Waals surface area contributed by atoms with E-state index in [9.17, 15) is 0 Å². The van der Waals surface area contributed by atoms with E-state index in [1.54, 1.807) is 14.2 Å². The van der Waals surface area contributed by atoms with Crippen LogP contribution >= 0.6 is 0 Å². The van der Waals surface area contributed by atoms with Gasteiger partial charge in [0.2, 0.25) is 0 Å². The minimum absolute atomic E-state index is 0.225. The van der Waals surface area contributed by atoms with Crippen molar-refractivity contribution >= 4 is 5.71 Å². The van der Waals surface area contributed by atoms with Crippen LogP contribution in [0.2, 0.25) is 0 Å². The lowest BCUT2D eigenvalue weighted by molar-refractivity contribution is 0.353. The Balaban J connectivity index is 1.87. The highest BCUT2D eigenvalue weighted by Gasteiger charge is 2.34. The van der Waals surface area contributed by atoms with E-state index < -0.39 is 0 Å². The van der Waals surface area contributed by atoms with Crippen LogP contribution in [0.25, 0.3) is 0 Å². The van der Waals surface area contributed by atoms with E-state index in [1.807, 2.05) is 12.1 Å². The van der Waals surface area contributed by atoms with Crippen LogP contribution in [0.4, 0.5) is 0 Å². The summed E-state index contributed by atoms with van der Waals surface area (Å²) in [4.78, 5) is 0. The summed E-state index contributed by atoms with van der Waals surface area (Å²) in [5.41, 5.74) is 5.72. The maximum Gasteiger partial charge on any atom is 0.161 e. The number of rotatable bonds is 3. The molecule has 2 unspecified atom stereocenters. The molecule has 0 amide bonds. The van der Waals surface area contributed by atoms with E-state index >= 15 is 0 Å². The molecule has 1 saturated heterocycles. The Bertz CT molecular complexity index is 501. The molecule has 0 aromatic heterocycles. The van der Waals surface area contributed by atoms with Gasteiger partial charge in [-0.2, -0.15) is 5.10 Å². The standard InChI is InChI=1S/C14H19N3O2/c1-18-12-4-3-9(7-13(12)19-2)14-10-8-15-6-5-11(10)16-17-14/h3-4,7,10,14-15,17H,5-6,8H2,1-2H3. The van der Waals surface area contributed by atoms with Crippen molar-refractivity contribution < 1.29 is 9.47 Å². The minimum Gasteiger partial charge on any atom is -0.493 e. The molecule has 2 atom stereocenters. The molecule has 0 bridgehead atoms. The number of piperidine rings is 1. The Hall–Kier alpha value is -1.75. The smallest absolute Gasteiger partial charge is 0.161 e. The van der Waals surface area contributed by atoms with Crippen molar-refractivity contribution in [3.8, 4) is 11.5 Å². The fourth-order valence-corrected chi connectivity index (χ4v) is 2.82. The molecule has 2 aliphatic heterocycles. The second-order valence-corrected chi connectivity index (χ2v) is 4.88. The predicted octanol–water partition coefficient (Wildman–Crippen LogP) is 1.31. The van der Waals surface area contributed by atoms with E-state index in [4.69, 9.17) is 9.47 Å². The van der Waals surface area contributed by atoms with Crippen LogP contribution in [-0.4, -0.2) is 33.0 Å². The van der Waals surface area contributed by atoms with Gasteiger partial charge in [-0.1, -0.05) is 6.07 Å². The maximum absolute atomic E-state index is 5.37. The van der Waals surface area contributed by atoms with Gasteiger partial charge in [-0.25, -0.2) is 0 Å². The van der Waals surface area contributed by atoms with Crippen LogP contribution in [0.15, 0.2) is 23.3 Å². The number of benzene rings is 1. The Kier molecular flexibility index (Phi) is 3.29. The van der Waals surface area contributed by atoms with E-state index in [0.29, 0.717) is 5.92 Å². The van der Waals surface area contributed by atoms with Crippen molar-refractivity contribution in [2.45, 2.75) is 12.5 Å². The number of hydrazone groups is 1. The van der Waals surface area contributed by atoms with Gasteiger partial charge in [0.1, 0.15) is 0 Å². The number of ether oxygens (including phenoxy) is 2. The molecule has 3 rings (SSSR count). The summed E-state index contributed by atoms with van der Waals surface area (Å²) in [6.07, 6.45) is 1.03. The number of methoxy groups -OCH3 is 2. The molecule has 0 saturated carbocycles. The Morgan fingerprint density at radius 2 is 2.05 bits per heavy atom. The van der Waals surface area contributed by atoms with Gasteiger partial charge in [0.05, 0.1) is 20.3 Å².